The molecule has 1 saturated carbocycles. The van der Waals surface area contributed by atoms with Gasteiger partial charge in [-0.15, -0.1) is 0 Å². The molecule has 5 unspecified atom stereocenters. The Hall–Kier alpha value is -1.42. The largest absolute Gasteiger partial charge is 0.458 e. The number of ketones is 1. The predicted molar refractivity (Wildman–Crippen MR) is 68.1 cm³/mol. The highest BCUT2D eigenvalue weighted by Crippen LogP contribution is 2.50. The summed E-state index contributed by atoms with van der Waals surface area (Å²) in [6.45, 7) is 7.39. The van der Waals surface area contributed by atoms with E-state index in [2.05, 4.69) is 6.58 Å². The number of rotatable bonds is 0. The number of aliphatic hydroxyl groups is 1. The van der Waals surface area contributed by atoms with Crippen LogP contribution in [0.2, 0.25) is 0 Å². The molecule has 0 aromatic rings. The summed E-state index contributed by atoms with van der Waals surface area (Å²) in [4.78, 5) is 23.8. The van der Waals surface area contributed by atoms with Crippen LogP contribution in [0.15, 0.2) is 23.8 Å². The second kappa shape index (κ2) is 3.79. The number of allylic oxidation sites excluding steroid dienone is 1. The minimum absolute atomic E-state index is 0.0540. The lowest BCUT2D eigenvalue weighted by Crippen LogP contribution is -2.43. The lowest BCUT2D eigenvalue weighted by Gasteiger charge is -2.33. The van der Waals surface area contributed by atoms with Crippen molar-refractivity contribution in [2.45, 2.75) is 38.4 Å². The minimum Gasteiger partial charge on any atom is -0.458 e. The molecule has 0 radical (unpaired) electrons. The zero-order chi connectivity index (χ0) is 13.9. The number of hydrogen-bond donors (Lipinski definition) is 1. The molecule has 2 aliphatic carbocycles. The number of fused-ring (bicyclic) bond motifs is 3. The highest BCUT2D eigenvalue weighted by Gasteiger charge is 2.57. The highest BCUT2D eigenvalue weighted by atomic mass is 16.6. The van der Waals surface area contributed by atoms with Gasteiger partial charge in [-0.1, -0.05) is 12.2 Å². The average Bonchev–Trinajstić information content (AvgIpc) is 2.71. The van der Waals surface area contributed by atoms with Crippen LogP contribution in [-0.2, 0) is 14.3 Å². The van der Waals surface area contributed by atoms with Gasteiger partial charge in [0.2, 0.25) is 0 Å². The van der Waals surface area contributed by atoms with Crippen LogP contribution < -0.4 is 0 Å². The summed E-state index contributed by atoms with van der Waals surface area (Å²) in [7, 11) is 0. The second-order valence-corrected chi connectivity index (χ2v) is 6.19. The van der Waals surface area contributed by atoms with Gasteiger partial charge in [-0.3, -0.25) is 4.79 Å². The van der Waals surface area contributed by atoms with E-state index < -0.39 is 11.5 Å². The van der Waals surface area contributed by atoms with E-state index in [1.54, 1.807) is 13.0 Å². The van der Waals surface area contributed by atoms with Gasteiger partial charge >= 0.3 is 5.97 Å². The van der Waals surface area contributed by atoms with Crippen LogP contribution in [0.5, 0.6) is 0 Å². The Balaban J connectivity index is 2.07. The molecule has 102 valence electrons. The van der Waals surface area contributed by atoms with Crippen LogP contribution in [0.25, 0.3) is 0 Å². The lowest BCUT2D eigenvalue weighted by molar-refractivity contribution is -0.145. The molecular weight excluding hydrogens is 244 g/mol. The normalized spacial score (nSPS) is 45.4. The molecule has 1 aliphatic heterocycles. The van der Waals surface area contributed by atoms with Crippen molar-refractivity contribution in [3.05, 3.63) is 23.8 Å². The molecular formula is C15H18O4. The van der Waals surface area contributed by atoms with E-state index in [1.165, 1.54) is 0 Å². The van der Waals surface area contributed by atoms with Crippen molar-refractivity contribution in [3.63, 3.8) is 0 Å². The average molecular weight is 262 g/mol. The summed E-state index contributed by atoms with van der Waals surface area (Å²) in [5.41, 5.74) is 0.329. The Morgan fingerprint density at radius 2 is 2.16 bits per heavy atom. The van der Waals surface area contributed by atoms with E-state index in [0.29, 0.717) is 18.4 Å². The third kappa shape index (κ3) is 1.62. The Morgan fingerprint density at radius 3 is 2.84 bits per heavy atom. The first-order chi connectivity index (χ1) is 8.83. The maximum absolute atomic E-state index is 12.1. The topological polar surface area (TPSA) is 63.6 Å². The molecule has 1 N–H and O–H groups in total. The number of ether oxygens (including phenoxy) is 1. The van der Waals surface area contributed by atoms with Gasteiger partial charge in [0, 0.05) is 17.4 Å². The van der Waals surface area contributed by atoms with Crippen molar-refractivity contribution in [2.24, 2.45) is 17.8 Å². The van der Waals surface area contributed by atoms with Crippen LogP contribution in [-0.4, -0.2) is 28.6 Å². The minimum atomic E-state index is -1.05. The quantitative estimate of drug-likeness (QED) is 0.529. The van der Waals surface area contributed by atoms with Crippen molar-refractivity contribution in [1.29, 1.82) is 0 Å². The van der Waals surface area contributed by atoms with Crippen LogP contribution >= 0.6 is 0 Å². The standard InChI is InChI=1S/C15H18O4/c1-7-6-10(16)12-11(7)13-9(4-5-15(12,3)18)8(2)14(17)19-13/h6,9,11-13,18H,2,4-5H2,1,3H3. The van der Waals surface area contributed by atoms with Crippen LogP contribution in [0.4, 0.5) is 0 Å². The summed E-state index contributed by atoms with van der Waals surface area (Å²) in [6.07, 6.45) is 2.36. The van der Waals surface area contributed by atoms with Gasteiger partial charge in [-0.2, -0.15) is 0 Å². The van der Waals surface area contributed by atoms with Crippen molar-refractivity contribution >= 4 is 11.8 Å². The van der Waals surface area contributed by atoms with Crippen molar-refractivity contribution in [3.8, 4) is 0 Å². The molecule has 0 aromatic carbocycles. The van der Waals surface area contributed by atoms with Crippen molar-refractivity contribution in [2.75, 3.05) is 0 Å². The van der Waals surface area contributed by atoms with Gasteiger partial charge < -0.3 is 9.84 Å². The maximum atomic E-state index is 12.1. The third-order valence-electron chi connectivity index (χ3n) is 4.90. The number of carbonyl (C=O) groups is 2. The molecule has 3 aliphatic rings. The van der Waals surface area contributed by atoms with Crippen LogP contribution in [0.1, 0.15) is 26.7 Å². The maximum Gasteiger partial charge on any atom is 0.334 e. The molecule has 4 heteroatoms. The summed E-state index contributed by atoms with van der Waals surface area (Å²) in [5, 5.41) is 10.6. The predicted octanol–water partition coefficient (Wildman–Crippen LogP) is 1.39. The molecule has 3 rings (SSSR count). The smallest absolute Gasteiger partial charge is 0.334 e. The molecule has 0 bridgehead atoms. The summed E-state index contributed by atoms with van der Waals surface area (Å²) in [5.74, 6) is -1.20. The Morgan fingerprint density at radius 1 is 1.47 bits per heavy atom. The summed E-state index contributed by atoms with van der Waals surface area (Å²) < 4.78 is 5.44. The van der Waals surface area contributed by atoms with Gasteiger partial charge in [0.25, 0.3) is 0 Å². The molecule has 2 fully saturated rings. The Bertz CT molecular complexity index is 514. The van der Waals surface area contributed by atoms with E-state index in [-0.39, 0.29) is 29.7 Å². The molecule has 1 saturated heterocycles. The van der Waals surface area contributed by atoms with E-state index >= 15 is 0 Å². The molecule has 0 amide bonds. The van der Waals surface area contributed by atoms with Crippen LogP contribution in [0.3, 0.4) is 0 Å². The molecule has 0 aromatic heterocycles. The van der Waals surface area contributed by atoms with Gasteiger partial charge in [0.15, 0.2) is 5.78 Å². The van der Waals surface area contributed by atoms with Gasteiger partial charge in [-0.05, 0) is 32.8 Å². The van der Waals surface area contributed by atoms with E-state index in [4.69, 9.17) is 4.74 Å². The first-order valence-electron chi connectivity index (χ1n) is 6.67. The number of carbonyl (C=O) groups excluding carboxylic acids is 2. The SMILES string of the molecule is C=C1C(=O)OC2C1CCC(C)(O)C1C(=O)C=C(C)C21. The van der Waals surface area contributed by atoms with Crippen molar-refractivity contribution < 1.29 is 19.4 Å². The summed E-state index contributed by atoms with van der Waals surface area (Å²) >= 11 is 0. The fourth-order valence-corrected chi connectivity index (χ4v) is 3.89. The highest BCUT2D eigenvalue weighted by molar-refractivity contribution is 5.97. The first-order valence-corrected chi connectivity index (χ1v) is 6.67. The fourth-order valence-electron chi connectivity index (χ4n) is 3.89. The van der Waals surface area contributed by atoms with Crippen LogP contribution in [0, 0.1) is 17.8 Å². The van der Waals surface area contributed by atoms with Gasteiger partial charge in [0.1, 0.15) is 6.10 Å². The lowest BCUT2D eigenvalue weighted by atomic mass is 9.76. The molecule has 0 spiro atoms. The fraction of sp³-hybridized carbons (Fsp3) is 0.600. The van der Waals surface area contributed by atoms with E-state index in [1.807, 2.05) is 6.92 Å². The Kier molecular flexibility index (Phi) is 2.52. The second-order valence-electron chi connectivity index (χ2n) is 6.19. The zero-order valence-corrected chi connectivity index (χ0v) is 11.2. The molecule has 19 heavy (non-hydrogen) atoms. The summed E-state index contributed by atoms with van der Waals surface area (Å²) in [6, 6.07) is 0. The number of hydrogen-bond acceptors (Lipinski definition) is 4. The zero-order valence-electron chi connectivity index (χ0n) is 11.2. The van der Waals surface area contributed by atoms with Gasteiger partial charge in [-0.25, -0.2) is 4.79 Å². The van der Waals surface area contributed by atoms with Gasteiger partial charge in [0.05, 0.1) is 11.5 Å². The van der Waals surface area contributed by atoms with Crippen molar-refractivity contribution in [1.82, 2.24) is 0 Å². The van der Waals surface area contributed by atoms with E-state index in [0.717, 1.165) is 5.57 Å². The molecule has 4 nitrogen and oxygen atoms in total. The third-order valence-corrected chi connectivity index (χ3v) is 4.90. The first kappa shape index (κ1) is 12.6. The molecule has 1 heterocycles. The Labute approximate surface area is 112 Å². The molecule has 5 atom stereocenters. The monoisotopic (exact) mass is 262 g/mol. The van der Waals surface area contributed by atoms with E-state index in [9.17, 15) is 14.7 Å². The number of esters is 1.